The summed E-state index contributed by atoms with van der Waals surface area (Å²) in [6.07, 6.45) is 2.10. The second kappa shape index (κ2) is 9.84. The van der Waals surface area contributed by atoms with Gasteiger partial charge in [-0.15, -0.1) is 10.2 Å². The zero-order valence-corrected chi connectivity index (χ0v) is 18.0. The summed E-state index contributed by atoms with van der Waals surface area (Å²) in [6.45, 7) is 6.21. The number of rotatable bonds is 4. The first-order valence-corrected chi connectivity index (χ1v) is 10.2. The minimum absolute atomic E-state index is 0.107. The van der Waals surface area contributed by atoms with Gasteiger partial charge in [0.25, 0.3) is 6.47 Å². The van der Waals surface area contributed by atoms with E-state index >= 15 is 0 Å². The molecule has 0 aliphatic carbocycles. The minimum atomic E-state index is -0.302. The third kappa shape index (κ3) is 5.00. The van der Waals surface area contributed by atoms with Crippen molar-refractivity contribution >= 4 is 17.4 Å². The molecular formula is C22H28N4O5. The molecule has 1 fully saturated rings. The zero-order valence-electron chi connectivity index (χ0n) is 18.0. The molecule has 9 nitrogen and oxygen atoms in total. The molecule has 1 unspecified atom stereocenters. The van der Waals surface area contributed by atoms with Crippen LogP contribution in [0.4, 0.5) is 0 Å². The first kappa shape index (κ1) is 22.6. The van der Waals surface area contributed by atoms with Crippen molar-refractivity contribution in [1.29, 1.82) is 0 Å². The van der Waals surface area contributed by atoms with Gasteiger partial charge in [-0.2, -0.15) is 0 Å². The average molecular weight is 428 g/mol. The standard InChI is InChI=1S/C21H26N4O3.CH2O2/c1-13-7-14(2)20-17(8-13)16(9-19(27)28-20)11-25-6-4-5-15(10-25)21-23-22-18(12-26)24(21)3;2-1-3/h7-9,15,26H,4-6,10-12H2,1-3H3;1H,(H,2,3). The number of aromatic nitrogens is 3. The van der Waals surface area contributed by atoms with E-state index in [1.165, 1.54) is 0 Å². The van der Waals surface area contributed by atoms with Crippen molar-refractivity contribution in [2.24, 2.45) is 7.05 Å². The number of piperidine rings is 1. The fraction of sp³-hybridized carbons (Fsp3) is 0.455. The van der Waals surface area contributed by atoms with E-state index in [2.05, 4.69) is 28.1 Å². The maximum atomic E-state index is 12.1. The largest absolute Gasteiger partial charge is 0.483 e. The number of aryl methyl sites for hydroxylation is 2. The summed E-state index contributed by atoms with van der Waals surface area (Å²) in [5.74, 6) is 1.77. The van der Waals surface area contributed by atoms with Crippen LogP contribution in [0.5, 0.6) is 0 Å². The van der Waals surface area contributed by atoms with Gasteiger partial charge in [-0.3, -0.25) is 9.69 Å². The van der Waals surface area contributed by atoms with Gasteiger partial charge in [-0.1, -0.05) is 6.07 Å². The van der Waals surface area contributed by atoms with Crippen LogP contribution in [0.15, 0.2) is 27.4 Å². The molecule has 0 bridgehead atoms. The van der Waals surface area contributed by atoms with E-state index in [-0.39, 0.29) is 24.6 Å². The number of hydrogen-bond acceptors (Lipinski definition) is 7. The molecule has 2 aromatic heterocycles. The summed E-state index contributed by atoms with van der Waals surface area (Å²) in [7, 11) is 1.90. The monoisotopic (exact) mass is 428 g/mol. The summed E-state index contributed by atoms with van der Waals surface area (Å²) in [5.41, 5.74) is 3.53. The fourth-order valence-electron chi connectivity index (χ4n) is 4.33. The molecule has 0 amide bonds. The van der Waals surface area contributed by atoms with Crippen molar-refractivity contribution in [2.75, 3.05) is 13.1 Å². The van der Waals surface area contributed by atoms with Gasteiger partial charge in [-0.05, 0) is 56.0 Å². The fourth-order valence-corrected chi connectivity index (χ4v) is 4.33. The molecule has 1 atom stereocenters. The number of carbonyl (C=O) groups is 1. The lowest BCUT2D eigenvalue weighted by Gasteiger charge is -2.32. The Labute approximate surface area is 179 Å². The second-order valence-corrected chi connectivity index (χ2v) is 7.92. The van der Waals surface area contributed by atoms with Crippen LogP contribution < -0.4 is 5.63 Å². The normalized spacial score (nSPS) is 16.7. The molecule has 0 saturated carbocycles. The molecule has 3 heterocycles. The van der Waals surface area contributed by atoms with E-state index in [1.54, 1.807) is 6.07 Å². The van der Waals surface area contributed by atoms with E-state index in [4.69, 9.17) is 14.3 Å². The van der Waals surface area contributed by atoms with Crippen LogP contribution in [0.2, 0.25) is 0 Å². The summed E-state index contributed by atoms with van der Waals surface area (Å²) in [6, 6.07) is 5.76. The van der Waals surface area contributed by atoms with E-state index in [9.17, 15) is 9.90 Å². The summed E-state index contributed by atoms with van der Waals surface area (Å²) in [5, 5.41) is 25.7. The quantitative estimate of drug-likeness (QED) is 0.479. The number of hydrogen-bond donors (Lipinski definition) is 2. The highest BCUT2D eigenvalue weighted by Gasteiger charge is 2.26. The average Bonchev–Trinajstić information content (AvgIpc) is 3.10. The van der Waals surface area contributed by atoms with Crippen molar-refractivity contribution < 1.29 is 19.4 Å². The number of likely N-dealkylation sites (tertiary alicyclic amines) is 1. The third-order valence-electron chi connectivity index (χ3n) is 5.66. The van der Waals surface area contributed by atoms with E-state index in [0.29, 0.717) is 18.0 Å². The predicted octanol–water partition coefficient (Wildman–Crippen LogP) is 2.11. The molecule has 9 heteroatoms. The lowest BCUT2D eigenvalue weighted by atomic mass is 9.96. The van der Waals surface area contributed by atoms with Crippen molar-refractivity contribution in [3.63, 3.8) is 0 Å². The van der Waals surface area contributed by atoms with Gasteiger partial charge in [-0.25, -0.2) is 4.79 Å². The lowest BCUT2D eigenvalue weighted by Crippen LogP contribution is -2.35. The Kier molecular flexibility index (Phi) is 7.19. The van der Waals surface area contributed by atoms with Crippen LogP contribution in [0.3, 0.4) is 0 Å². The highest BCUT2D eigenvalue weighted by Crippen LogP contribution is 2.29. The summed E-state index contributed by atoms with van der Waals surface area (Å²) < 4.78 is 7.38. The van der Waals surface area contributed by atoms with Gasteiger partial charge in [0.15, 0.2) is 5.82 Å². The Morgan fingerprint density at radius 1 is 1.26 bits per heavy atom. The van der Waals surface area contributed by atoms with Gasteiger partial charge < -0.3 is 19.2 Å². The number of nitrogens with zero attached hydrogens (tertiary/aromatic N) is 4. The number of aliphatic hydroxyl groups excluding tert-OH is 1. The molecule has 2 N–H and O–H groups in total. The molecule has 31 heavy (non-hydrogen) atoms. The van der Waals surface area contributed by atoms with Gasteiger partial charge >= 0.3 is 5.63 Å². The number of aliphatic hydroxyl groups is 1. The molecule has 0 radical (unpaired) electrons. The zero-order chi connectivity index (χ0) is 22.5. The highest BCUT2D eigenvalue weighted by atomic mass is 16.4. The van der Waals surface area contributed by atoms with E-state index < -0.39 is 0 Å². The van der Waals surface area contributed by atoms with Crippen molar-refractivity contribution in [1.82, 2.24) is 19.7 Å². The van der Waals surface area contributed by atoms with Gasteiger partial charge in [0, 0.05) is 37.5 Å². The van der Waals surface area contributed by atoms with Crippen molar-refractivity contribution in [3.05, 3.63) is 57.0 Å². The smallest absolute Gasteiger partial charge is 0.336 e. The van der Waals surface area contributed by atoms with Crippen LogP contribution >= 0.6 is 0 Å². The summed E-state index contributed by atoms with van der Waals surface area (Å²) in [4.78, 5) is 22.8. The molecular weight excluding hydrogens is 400 g/mol. The molecule has 166 valence electrons. The molecule has 0 spiro atoms. The Morgan fingerprint density at radius 2 is 2.00 bits per heavy atom. The topological polar surface area (TPSA) is 122 Å². The molecule has 1 aliphatic rings. The Balaban J connectivity index is 0.000000858. The Morgan fingerprint density at radius 3 is 2.68 bits per heavy atom. The van der Waals surface area contributed by atoms with Crippen LogP contribution in [0.1, 0.15) is 47.1 Å². The second-order valence-electron chi connectivity index (χ2n) is 7.92. The maximum absolute atomic E-state index is 12.1. The Bertz CT molecular complexity index is 1120. The number of benzene rings is 1. The number of fused-ring (bicyclic) bond motifs is 1. The van der Waals surface area contributed by atoms with Gasteiger partial charge in [0.2, 0.25) is 0 Å². The van der Waals surface area contributed by atoms with Gasteiger partial charge in [0.05, 0.1) is 0 Å². The molecule has 1 saturated heterocycles. The summed E-state index contributed by atoms with van der Waals surface area (Å²) >= 11 is 0. The minimum Gasteiger partial charge on any atom is -0.483 e. The maximum Gasteiger partial charge on any atom is 0.336 e. The van der Waals surface area contributed by atoms with Crippen LogP contribution in [0, 0.1) is 13.8 Å². The van der Waals surface area contributed by atoms with E-state index in [1.807, 2.05) is 24.6 Å². The van der Waals surface area contributed by atoms with Crippen molar-refractivity contribution in [2.45, 2.75) is 45.8 Å². The first-order chi connectivity index (χ1) is 14.9. The molecule has 1 aromatic carbocycles. The van der Waals surface area contributed by atoms with Crippen LogP contribution in [-0.4, -0.2) is 49.4 Å². The van der Waals surface area contributed by atoms with Crippen LogP contribution in [-0.2, 0) is 25.0 Å². The molecule has 3 aromatic rings. The Hall–Kier alpha value is -3.04. The van der Waals surface area contributed by atoms with Crippen LogP contribution in [0.25, 0.3) is 11.0 Å². The highest BCUT2D eigenvalue weighted by molar-refractivity contribution is 5.83. The van der Waals surface area contributed by atoms with Gasteiger partial charge in [0.1, 0.15) is 18.0 Å². The lowest BCUT2D eigenvalue weighted by molar-refractivity contribution is -0.122. The third-order valence-corrected chi connectivity index (χ3v) is 5.66. The van der Waals surface area contributed by atoms with E-state index in [0.717, 1.165) is 53.8 Å². The molecule has 1 aliphatic heterocycles. The molecule has 4 rings (SSSR count). The predicted molar refractivity (Wildman–Crippen MR) is 115 cm³/mol. The number of carboxylic acid groups (broad SMARTS) is 1. The van der Waals surface area contributed by atoms with Crippen molar-refractivity contribution in [3.8, 4) is 0 Å². The SMILES string of the molecule is Cc1cc(C)c2oc(=O)cc(CN3CCCC(c4nnc(CO)n4C)C3)c2c1.O=CO. The first-order valence-electron chi connectivity index (χ1n) is 10.2.